The maximum atomic E-state index is 10.4. The van der Waals surface area contributed by atoms with E-state index < -0.39 is 0 Å². The number of anilines is 1. The van der Waals surface area contributed by atoms with Gasteiger partial charge in [0, 0.05) is 0 Å². The second kappa shape index (κ2) is 4.39. The van der Waals surface area contributed by atoms with E-state index in [1.807, 2.05) is 12.1 Å². The number of aliphatic hydroxyl groups excluding tert-OH is 1. The molecule has 0 aromatic heterocycles. The van der Waals surface area contributed by atoms with E-state index in [9.17, 15) is 10.2 Å². The summed E-state index contributed by atoms with van der Waals surface area (Å²) >= 11 is 0. The Labute approximate surface area is 126 Å². The van der Waals surface area contributed by atoms with Crippen molar-refractivity contribution >= 4 is 5.69 Å². The van der Waals surface area contributed by atoms with Crippen molar-refractivity contribution in [1.82, 2.24) is 0 Å². The fraction of sp³-hybridized carbons (Fsp3) is 0.667. The number of hydrogen-bond donors (Lipinski definition) is 3. The van der Waals surface area contributed by atoms with Crippen molar-refractivity contribution in [3.8, 4) is 5.75 Å². The lowest BCUT2D eigenvalue weighted by molar-refractivity contribution is -0.0226. The van der Waals surface area contributed by atoms with Crippen molar-refractivity contribution in [1.29, 1.82) is 0 Å². The number of aliphatic hydroxyl groups is 1. The first-order valence-corrected chi connectivity index (χ1v) is 8.30. The van der Waals surface area contributed by atoms with Crippen LogP contribution in [0.5, 0.6) is 5.75 Å². The average Bonchev–Trinajstić information content (AvgIpc) is 2.76. The summed E-state index contributed by atoms with van der Waals surface area (Å²) in [6.45, 7) is 2.30. The Bertz CT molecular complexity index is 585. The third kappa shape index (κ3) is 1.76. The summed E-state index contributed by atoms with van der Waals surface area (Å²) in [5, 5.41) is 20.2. The minimum absolute atomic E-state index is 0.116. The Hall–Kier alpha value is -1.22. The summed E-state index contributed by atoms with van der Waals surface area (Å²) in [6, 6.07) is 3.88. The Morgan fingerprint density at radius 2 is 2.00 bits per heavy atom. The SMILES string of the molecule is C[C@]12CC[C@@H]3c4cc(N)c(O)cc4CC[C@H]3[C@@H]1CC[C@@H]2O. The number of nitrogens with two attached hydrogens (primary N) is 1. The number of aromatic hydroxyl groups is 1. The molecule has 3 aliphatic carbocycles. The Morgan fingerprint density at radius 3 is 2.81 bits per heavy atom. The number of aryl methyl sites for hydroxylation is 1. The van der Waals surface area contributed by atoms with Gasteiger partial charge >= 0.3 is 0 Å². The fourth-order valence-corrected chi connectivity index (χ4v) is 5.60. The topological polar surface area (TPSA) is 66.5 Å². The van der Waals surface area contributed by atoms with Crippen LogP contribution >= 0.6 is 0 Å². The van der Waals surface area contributed by atoms with Crippen molar-refractivity contribution in [2.45, 2.75) is 57.5 Å². The van der Waals surface area contributed by atoms with Crippen LogP contribution in [0, 0.1) is 17.3 Å². The number of nitrogen functional groups attached to an aromatic ring is 1. The number of fused-ring (bicyclic) bond motifs is 5. The summed E-state index contributed by atoms with van der Waals surface area (Å²) in [5.41, 5.74) is 9.21. The highest BCUT2D eigenvalue weighted by Gasteiger charge is 2.54. The van der Waals surface area contributed by atoms with Gasteiger partial charge in [0.05, 0.1) is 11.8 Å². The van der Waals surface area contributed by atoms with E-state index in [0.717, 1.165) is 25.7 Å². The maximum Gasteiger partial charge on any atom is 0.138 e. The van der Waals surface area contributed by atoms with Crippen molar-refractivity contribution in [3.05, 3.63) is 23.3 Å². The molecule has 2 saturated carbocycles. The first-order valence-electron chi connectivity index (χ1n) is 8.30. The number of phenols is 1. The molecule has 3 nitrogen and oxygen atoms in total. The molecule has 0 heterocycles. The lowest BCUT2D eigenvalue weighted by Crippen LogP contribution is -2.43. The molecule has 2 fully saturated rings. The van der Waals surface area contributed by atoms with Gasteiger partial charge < -0.3 is 15.9 Å². The molecule has 3 heteroatoms. The van der Waals surface area contributed by atoms with Gasteiger partial charge in [-0.25, -0.2) is 0 Å². The number of rotatable bonds is 0. The molecule has 0 unspecified atom stereocenters. The maximum absolute atomic E-state index is 10.4. The number of benzene rings is 1. The van der Waals surface area contributed by atoms with Crippen LogP contribution in [0.1, 0.15) is 56.1 Å². The van der Waals surface area contributed by atoms with E-state index in [0.29, 0.717) is 23.4 Å². The van der Waals surface area contributed by atoms with Crippen LogP contribution in [0.3, 0.4) is 0 Å². The van der Waals surface area contributed by atoms with Gasteiger partial charge in [-0.3, -0.25) is 0 Å². The smallest absolute Gasteiger partial charge is 0.138 e. The van der Waals surface area contributed by atoms with Crippen molar-refractivity contribution in [2.75, 3.05) is 5.73 Å². The predicted octanol–water partition coefficient (Wildman–Crippen LogP) is 3.19. The lowest BCUT2D eigenvalue weighted by atomic mass is 9.55. The van der Waals surface area contributed by atoms with Gasteiger partial charge in [-0.15, -0.1) is 0 Å². The molecule has 1 aromatic carbocycles. The van der Waals surface area contributed by atoms with Gasteiger partial charge in [0.1, 0.15) is 5.75 Å². The monoisotopic (exact) mass is 287 g/mol. The predicted molar refractivity (Wildman–Crippen MR) is 83.1 cm³/mol. The van der Waals surface area contributed by atoms with E-state index >= 15 is 0 Å². The summed E-state index contributed by atoms with van der Waals surface area (Å²) in [6.07, 6.45) is 6.50. The van der Waals surface area contributed by atoms with Gasteiger partial charge in [0.15, 0.2) is 0 Å². The third-order valence-electron chi connectivity index (χ3n) is 6.82. The second-order valence-corrected chi connectivity index (χ2v) is 7.66. The highest BCUT2D eigenvalue weighted by atomic mass is 16.3. The highest BCUT2D eigenvalue weighted by molar-refractivity contribution is 5.57. The number of hydrogen-bond acceptors (Lipinski definition) is 3. The van der Waals surface area contributed by atoms with Crippen LogP contribution < -0.4 is 5.73 Å². The van der Waals surface area contributed by atoms with Crippen LogP contribution in [-0.2, 0) is 6.42 Å². The normalized spacial score (nSPS) is 41.2. The zero-order valence-corrected chi connectivity index (χ0v) is 12.7. The largest absolute Gasteiger partial charge is 0.506 e. The second-order valence-electron chi connectivity index (χ2n) is 7.66. The van der Waals surface area contributed by atoms with Crippen molar-refractivity contribution in [2.24, 2.45) is 17.3 Å². The molecular formula is C18H25NO2. The van der Waals surface area contributed by atoms with Crippen molar-refractivity contribution < 1.29 is 10.2 Å². The van der Waals surface area contributed by atoms with E-state index in [2.05, 4.69) is 6.92 Å². The Balaban J connectivity index is 1.73. The summed E-state index contributed by atoms with van der Waals surface area (Å²) in [5.74, 6) is 2.12. The minimum atomic E-state index is -0.116. The molecule has 0 saturated heterocycles. The Morgan fingerprint density at radius 1 is 1.19 bits per heavy atom. The quantitative estimate of drug-likeness (QED) is 0.507. The zero-order valence-electron chi connectivity index (χ0n) is 12.7. The molecule has 4 rings (SSSR count). The third-order valence-corrected chi connectivity index (χ3v) is 6.82. The van der Waals surface area contributed by atoms with E-state index in [4.69, 9.17) is 5.73 Å². The molecule has 21 heavy (non-hydrogen) atoms. The summed E-state index contributed by atoms with van der Waals surface area (Å²) in [4.78, 5) is 0. The first-order chi connectivity index (χ1) is 10.0. The van der Waals surface area contributed by atoms with Crippen LogP contribution in [0.4, 0.5) is 5.69 Å². The van der Waals surface area contributed by atoms with Gasteiger partial charge in [-0.05, 0) is 85.0 Å². The molecule has 0 aliphatic heterocycles. The molecule has 3 aliphatic rings. The average molecular weight is 287 g/mol. The van der Waals surface area contributed by atoms with E-state index in [-0.39, 0.29) is 17.3 Å². The fourth-order valence-electron chi connectivity index (χ4n) is 5.60. The zero-order chi connectivity index (χ0) is 14.8. The van der Waals surface area contributed by atoms with Crippen molar-refractivity contribution in [3.63, 3.8) is 0 Å². The number of phenolic OH excluding ortho intramolecular Hbond substituents is 1. The van der Waals surface area contributed by atoms with Crippen LogP contribution in [0.15, 0.2) is 12.1 Å². The van der Waals surface area contributed by atoms with Gasteiger partial charge in [0.25, 0.3) is 0 Å². The van der Waals surface area contributed by atoms with Crippen LogP contribution in [0.25, 0.3) is 0 Å². The minimum Gasteiger partial charge on any atom is -0.506 e. The standard InChI is InChI=1S/C18H25NO2/c1-18-7-6-11-12(14(18)4-5-17(18)21)3-2-10-8-16(20)15(19)9-13(10)11/h8-9,11-12,14,17,20-21H,2-7,19H2,1H3/t11-,12+,14-,17-,18-/m0/s1. The lowest BCUT2D eigenvalue weighted by Gasteiger charge is -2.50. The highest BCUT2D eigenvalue weighted by Crippen LogP contribution is 2.61. The van der Waals surface area contributed by atoms with Crippen LogP contribution in [0.2, 0.25) is 0 Å². The molecule has 4 N–H and O–H groups in total. The van der Waals surface area contributed by atoms with Gasteiger partial charge in [0.2, 0.25) is 0 Å². The molecule has 0 radical (unpaired) electrons. The Kier molecular flexibility index (Phi) is 2.81. The molecule has 0 spiro atoms. The molecule has 114 valence electrons. The van der Waals surface area contributed by atoms with E-state index in [1.165, 1.54) is 24.0 Å². The molecule has 5 atom stereocenters. The molecule has 1 aromatic rings. The molecular weight excluding hydrogens is 262 g/mol. The van der Waals surface area contributed by atoms with Gasteiger partial charge in [-0.1, -0.05) is 6.92 Å². The first kappa shape index (κ1) is 13.4. The van der Waals surface area contributed by atoms with Crippen LogP contribution in [-0.4, -0.2) is 16.3 Å². The van der Waals surface area contributed by atoms with E-state index in [1.54, 1.807) is 0 Å². The molecule has 0 amide bonds. The summed E-state index contributed by atoms with van der Waals surface area (Å²) in [7, 11) is 0. The summed E-state index contributed by atoms with van der Waals surface area (Å²) < 4.78 is 0. The van der Waals surface area contributed by atoms with Gasteiger partial charge in [-0.2, -0.15) is 0 Å². The molecule has 0 bridgehead atoms.